The average Bonchev–Trinajstić information content (AvgIpc) is 3.17. The Hall–Kier alpha value is -3.42. The molecule has 0 bridgehead atoms. The number of carbonyl (C=O) groups excluding carboxylic acids is 1. The largest absolute Gasteiger partial charge is 0.496 e. The maximum Gasteiger partial charge on any atom is 0.261 e. The molecule has 1 aromatic heterocycles. The number of fused-ring (bicyclic) bond motifs is 1. The number of rotatable bonds is 4. The maximum absolute atomic E-state index is 12.7. The van der Waals surface area contributed by atoms with Crippen LogP contribution in [0.4, 0.5) is 5.69 Å². The monoisotopic (exact) mass is 465 g/mol. The minimum atomic E-state index is -0.354. The molecule has 162 valence electrons. The van der Waals surface area contributed by atoms with Gasteiger partial charge in [0.25, 0.3) is 5.91 Å². The summed E-state index contributed by atoms with van der Waals surface area (Å²) in [5.41, 5.74) is 5.00. The van der Waals surface area contributed by atoms with Gasteiger partial charge in [-0.15, -0.1) is 0 Å². The van der Waals surface area contributed by atoms with Crippen LogP contribution in [0.3, 0.4) is 0 Å². The van der Waals surface area contributed by atoms with Gasteiger partial charge >= 0.3 is 0 Å². The molecule has 1 amide bonds. The summed E-state index contributed by atoms with van der Waals surface area (Å²) >= 11 is 11.4. The zero-order valence-electron chi connectivity index (χ0n) is 17.7. The van der Waals surface area contributed by atoms with E-state index in [1.165, 1.54) is 7.11 Å². The van der Waals surface area contributed by atoms with Crippen LogP contribution < -0.4 is 15.4 Å². The number of nitrogens with one attached hydrogen (secondary N) is 2. The van der Waals surface area contributed by atoms with Crippen molar-refractivity contribution in [2.45, 2.75) is 13.8 Å². The third kappa shape index (κ3) is 4.30. The van der Waals surface area contributed by atoms with Crippen molar-refractivity contribution in [2.24, 2.45) is 0 Å². The Morgan fingerprint density at radius 3 is 2.69 bits per heavy atom. The van der Waals surface area contributed by atoms with Gasteiger partial charge in [0.1, 0.15) is 11.3 Å². The van der Waals surface area contributed by atoms with Crippen molar-refractivity contribution in [1.29, 1.82) is 0 Å². The van der Waals surface area contributed by atoms with Crippen LogP contribution in [0.2, 0.25) is 5.02 Å². The van der Waals surface area contributed by atoms with Crippen LogP contribution in [-0.2, 0) is 0 Å². The predicted octanol–water partition coefficient (Wildman–Crippen LogP) is 5.90. The highest BCUT2D eigenvalue weighted by atomic mass is 35.5. The predicted molar refractivity (Wildman–Crippen MR) is 131 cm³/mol. The molecule has 32 heavy (non-hydrogen) atoms. The number of anilines is 1. The van der Waals surface area contributed by atoms with Crippen molar-refractivity contribution in [3.63, 3.8) is 0 Å². The number of carbonyl (C=O) groups is 1. The highest BCUT2D eigenvalue weighted by molar-refractivity contribution is 7.80. The number of thiocarbonyl (C=S) groups is 1. The number of ether oxygens (including phenoxy) is 1. The summed E-state index contributed by atoms with van der Waals surface area (Å²) in [4.78, 5) is 17.3. The number of methoxy groups -OCH3 is 1. The third-order valence-corrected chi connectivity index (χ3v) is 5.49. The minimum absolute atomic E-state index is 0.170. The highest BCUT2D eigenvalue weighted by Gasteiger charge is 2.17. The lowest BCUT2D eigenvalue weighted by atomic mass is 10.1. The second-order valence-corrected chi connectivity index (χ2v) is 8.02. The van der Waals surface area contributed by atoms with Gasteiger partial charge in [-0.1, -0.05) is 29.8 Å². The first-order chi connectivity index (χ1) is 15.4. The molecule has 2 N–H and O–H groups in total. The molecular weight excluding hydrogens is 446 g/mol. The lowest BCUT2D eigenvalue weighted by Crippen LogP contribution is -2.34. The summed E-state index contributed by atoms with van der Waals surface area (Å²) < 4.78 is 11.3. The van der Waals surface area contributed by atoms with Crippen LogP contribution in [0.1, 0.15) is 21.5 Å². The second-order valence-electron chi connectivity index (χ2n) is 7.17. The fourth-order valence-corrected chi connectivity index (χ4v) is 3.81. The topological polar surface area (TPSA) is 76.4 Å². The molecule has 0 saturated carbocycles. The van der Waals surface area contributed by atoms with E-state index in [4.69, 9.17) is 33.0 Å². The fourth-order valence-electron chi connectivity index (χ4n) is 3.44. The molecule has 4 aromatic rings. The van der Waals surface area contributed by atoms with Crippen molar-refractivity contribution < 1.29 is 13.9 Å². The van der Waals surface area contributed by atoms with Crippen LogP contribution in [0.5, 0.6) is 5.75 Å². The summed E-state index contributed by atoms with van der Waals surface area (Å²) in [6, 6.07) is 16.3. The number of aryl methyl sites for hydroxylation is 1. The lowest BCUT2D eigenvalue weighted by molar-refractivity contribution is 0.0974. The van der Waals surface area contributed by atoms with Gasteiger partial charge in [-0.3, -0.25) is 10.1 Å². The number of oxazole rings is 1. The molecule has 0 spiro atoms. The van der Waals surface area contributed by atoms with Crippen LogP contribution in [0.25, 0.3) is 22.6 Å². The third-order valence-electron chi connectivity index (χ3n) is 5.05. The van der Waals surface area contributed by atoms with Gasteiger partial charge in [0, 0.05) is 16.3 Å². The van der Waals surface area contributed by atoms with E-state index in [2.05, 4.69) is 15.6 Å². The van der Waals surface area contributed by atoms with Crippen molar-refractivity contribution in [3.05, 3.63) is 76.3 Å². The van der Waals surface area contributed by atoms with Gasteiger partial charge in [0.15, 0.2) is 10.7 Å². The van der Waals surface area contributed by atoms with Crippen molar-refractivity contribution in [3.8, 4) is 17.2 Å². The van der Waals surface area contributed by atoms with E-state index in [9.17, 15) is 4.79 Å². The SMILES string of the molecule is COc1c(C)cccc1C(=O)NC(=S)Nc1cccc(-c2nc3cc(Cl)ccc3o2)c1C. The quantitative estimate of drug-likeness (QED) is 0.365. The molecule has 4 rings (SSSR count). The summed E-state index contributed by atoms with van der Waals surface area (Å²) in [5.74, 6) is 0.637. The van der Waals surface area contributed by atoms with Gasteiger partial charge in [-0.2, -0.15) is 0 Å². The van der Waals surface area contributed by atoms with Gasteiger partial charge in [0.2, 0.25) is 5.89 Å². The van der Waals surface area contributed by atoms with E-state index in [0.717, 1.165) is 22.4 Å². The van der Waals surface area contributed by atoms with E-state index in [1.807, 2.05) is 38.1 Å². The minimum Gasteiger partial charge on any atom is -0.496 e. The molecule has 8 heteroatoms. The van der Waals surface area contributed by atoms with Gasteiger partial charge in [-0.25, -0.2) is 4.98 Å². The van der Waals surface area contributed by atoms with Gasteiger partial charge in [-0.05, 0) is 73.6 Å². The standard InChI is InChI=1S/C24H20ClN3O3S/c1-13-6-4-8-17(21(13)30-3)22(29)28-24(32)27-18-9-5-7-16(14(18)2)23-26-19-12-15(25)10-11-20(19)31-23/h4-12H,1-3H3,(H2,27,28,29,32). The second kappa shape index (κ2) is 8.98. The molecule has 0 aliphatic rings. The molecule has 0 aliphatic carbocycles. The van der Waals surface area contributed by atoms with Crippen LogP contribution >= 0.6 is 23.8 Å². The molecule has 0 aliphatic heterocycles. The van der Waals surface area contributed by atoms with E-state index in [0.29, 0.717) is 33.3 Å². The van der Waals surface area contributed by atoms with Crippen molar-refractivity contribution in [2.75, 3.05) is 12.4 Å². The Balaban J connectivity index is 1.55. The zero-order valence-corrected chi connectivity index (χ0v) is 19.2. The Morgan fingerprint density at radius 2 is 1.91 bits per heavy atom. The van der Waals surface area contributed by atoms with E-state index in [1.54, 1.807) is 30.3 Å². The summed E-state index contributed by atoms with van der Waals surface area (Å²) in [5, 5.41) is 6.56. The number of hydrogen-bond donors (Lipinski definition) is 2. The van der Waals surface area contributed by atoms with Gasteiger partial charge in [0.05, 0.1) is 12.7 Å². The number of hydrogen-bond acceptors (Lipinski definition) is 5. The normalized spacial score (nSPS) is 10.8. The molecule has 0 radical (unpaired) electrons. The fraction of sp³-hybridized carbons (Fsp3) is 0.125. The Labute approximate surface area is 195 Å². The van der Waals surface area contributed by atoms with Crippen LogP contribution in [0.15, 0.2) is 59.0 Å². The smallest absolute Gasteiger partial charge is 0.261 e. The highest BCUT2D eigenvalue weighted by Crippen LogP contribution is 2.31. The van der Waals surface area contributed by atoms with E-state index >= 15 is 0 Å². The van der Waals surface area contributed by atoms with Crippen molar-refractivity contribution in [1.82, 2.24) is 10.3 Å². The number of amides is 1. The van der Waals surface area contributed by atoms with Gasteiger partial charge < -0.3 is 14.5 Å². The number of nitrogens with zero attached hydrogens (tertiary/aromatic N) is 1. The molecule has 0 fully saturated rings. The number of aromatic nitrogens is 1. The summed E-state index contributed by atoms with van der Waals surface area (Å²) in [7, 11) is 1.53. The Kier molecular flexibility index (Phi) is 6.12. The number of halogens is 1. The summed E-state index contributed by atoms with van der Waals surface area (Å²) in [6.07, 6.45) is 0. The number of benzene rings is 3. The molecular formula is C24H20ClN3O3S. The Morgan fingerprint density at radius 1 is 1.12 bits per heavy atom. The molecule has 0 unspecified atom stereocenters. The summed E-state index contributed by atoms with van der Waals surface area (Å²) in [6.45, 7) is 3.80. The molecule has 0 atom stereocenters. The van der Waals surface area contributed by atoms with E-state index in [-0.39, 0.29) is 11.0 Å². The molecule has 1 heterocycles. The molecule has 6 nitrogen and oxygen atoms in total. The average molecular weight is 466 g/mol. The maximum atomic E-state index is 12.7. The lowest BCUT2D eigenvalue weighted by Gasteiger charge is -2.15. The first kappa shape index (κ1) is 21.8. The molecule has 3 aromatic carbocycles. The first-order valence-corrected chi connectivity index (χ1v) is 10.6. The zero-order chi connectivity index (χ0) is 22.8. The Bertz CT molecular complexity index is 1350. The first-order valence-electron chi connectivity index (χ1n) is 9.79. The number of para-hydroxylation sites is 1. The molecule has 0 saturated heterocycles. The van der Waals surface area contributed by atoms with Crippen LogP contribution in [0, 0.1) is 13.8 Å². The van der Waals surface area contributed by atoms with Crippen LogP contribution in [-0.4, -0.2) is 23.1 Å². The van der Waals surface area contributed by atoms with Crippen molar-refractivity contribution >= 4 is 51.6 Å². The van der Waals surface area contributed by atoms with E-state index < -0.39 is 0 Å².